The van der Waals surface area contributed by atoms with Crippen LogP contribution < -0.4 is 0 Å². The standard InChI is InChI=1S/2C44H29N.C38H25N/c1-2-13-30(14-3-1)32-15-12-16-33(29-32)44-39-21-6-4-19-37(39)43(38-20-5-7-22-40(38)44)31-25-27-34(28-26-31)45-41-23-10-8-17-35(41)36-18-9-11-24-42(36)45;1-2-12-30(13-3-1)31-22-24-32(25-23-31)43-37-16-4-6-18-39(37)44(40-19-7-5-17-38(40)43)33-26-28-34(29-27-33)45-41-20-10-8-14-35(41)36-15-9-11-21-42(36)45;1-2-12-26(13-3-1)37-31-16-4-6-18-33(31)38(34-19-7-5-17-32(34)37)27-22-24-28(25-23-27)39-35-20-10-8-14-29(35)30-15-9-11-21-36(30)39/h2*1-29H;1-25H. The summed E-state index contributed by atoms with van der Waals surface area (Å²) in [6.45, 7) is 0. The molecule has 3 heteroatoms. The highest BCUT2D eigenvalue weighted by Gasteiger charge is 2.24. The first kappa shape index (κ1) is 75.7. The molecule has 0 unspecified atom stereocenters. The molecule has 0 saturated heterocycles. The molecule has 0 fully saturated rings. The van der Waals surface area contributed by atoms with Crippen LogP contribution in [0.5, 0.6) is 0 Å². The lowest BCUT2D eigenvalue weighted by Gasteiger charge is -2.18. The molecule has 0 spiro atoms. The van der Waals surface area contributed by atoms with Crippen LogP contribution in [0.15, 0.2) is 504 Å². The van der Waals surface area contributed by atoms with E-state index in [1.807, 2.05) is 0 Å². The number of rotatable bonds is 11. The van der Waals surface area contributed by atoms with Crippen LogP contribution in [0.3, 0.4) is 0 Å². The fraction of sp³-hybridized carbons (Fsp3) is 0. The van der Waals surface area contributed by atoms with E-state index >= 15 is 0 Å². The molecule has 0 bridgehead atoms. The molecule has 23 aromatic carbocycles. The van der Waals surface area contributed by atoms with Crippen LogP contribution in [-0.2, 0) is 0 Å². The monoisotopic (exact) mass is 1640 g/mol. The van der Waals surface area contributed by atoms with Gasteiger partial charge in [-0.15, -0.1) is 0 Å². The van der Waals surface area contributed by atoms with E-state index in [0.29, 0.717) is 0 Å². The molecule has 0 radical (unpaired) electrons. The molecule has 3 heterocycles. The van der Waals surface area contributed by atoms with Crippen LogP contribution in [0.2, 0.25) is 0 Å². The molecule has 3 aromatic heterocycles. The molecule has 0 aliphatic rings. The van der Waals surface area contributed by atoms with Crippen molar-refractivity contribution in [2.45, 2.75) is 0 Å². The molecule has 0 amide bonds. The van der Waals surface area contributed by atoms with Crippen LogP contribution in [-0.4, -0.2) is 13.7 Å². The molecule has 0 N–H and O–H groups in total. The summed E-state index contributed by atoms with van der Waals surface area (Å²) >= 11 is 0. The zero-order valence-electron chi connectivity index (χ0n) is 70.8. The van der Waals surface area contributed by atoms with Crippen LogP contribution in [0, 0.1) is 0 Å². The number of nitrogens with zero attached hydrogens (tertiary/aromatic N) is 3. The van der Waals surface area contributed by atoms with Gasteiger partial charge in [-0.1, -0.05) is 425 Å². The van der Waals surface area contributed by atoms with Crippen LogP contribution in [0.25, 0.3) is 236 Å². The van der Waals surface area contributed by atoms with E-state index in [2.05, 4.69) is 517 Å². The van der Waals surface area contributed by atoms with E-state index in [4.69, 9.17) is 0 Å². The van der Waals surface area contributed by atoms with Gasteiger partial charge in [0.05, 0.1) is 33.1 Å². The quantitative estimate of drug-likeness (QED) is 0.115. The largest absolute Gasteiger partial charge is 0.309 e. The van der Waals surface area contributed by atoms with Crippen molar-refractivity contribution in [1.29, 1.82) is 0 Å². The number of hydrogen-bond donors (Lipinski definition) is 0. The van der Waals surface area contributed by atoms with Gasteiger partial charge in [0, 0.05) is 49.4 Å². The van der Waals surface area contributed by atoms with Gasteiger partial charge in [0.2, 0.25) is 0 Å². The second kappa shape index (κ2) is 32.3. The van der Waals surface area contributed by atoms with Crippen molar-refractivity contribution < 1.29 is 0 Å². The number of hydrogen-bond acceptors (Lipinski definition) is 0. The third kappa shape index (κ3) is 13.1. The summed E-state index contributed by atoms with van der Waals surface area (Å²) in [5.74, 6) is 0. The Labute approximate surface area is 748 Å². The topological polar surface area (TPSA) is 14.8 Å². The molecule has 0 saturated carbocycles. The maximum absolute atomic E-state index is 2.38. The van der Waals surface area contributed by atoms with Crippen molar-refractivity contribution in [1.82, 2.24) is 13.7 Å². The van der Waals surface area contributed by atoms with Gasteiger partial charge in [-0.3, -0.25) is 0 Å². The van der Waals surface area contributed by atoms with E-state index in [-0.39, 0.29) is 0 Å². The molecular formula is C126H83N3. The minimum absolute atomic E-state index is 1.17. The molecule has 26 rings (SSSR count). The second-order valence-corrected chi connectivity index (χ2v) is 33.5. The number of benzene rings is 23. The Morgan fingerprint density at radius 2 is 0.240 bits per heavy atom. The molecule has 3 nitrogen and oxygen atoms in total. The van der Waals surface area contributed by atoms with Crippen molar-refractivity contribution in [3.63, 3.8) is 0 Å². The third-order valence-corrected chi connectivity index (χ3v) is 26.4. The molecule has 0 atom stereocenters. The summed E-state index contributed by atoms with van der Waals surface area (Å²) in [5, 5.41) is 22.9. The summed E-state index contributed by atoms with van der Waals surface area (Å²) in [6, 6.07) is 183. The number of para-hydroxylation sites is 6. The highest BCUT2D eigenvalue weighted by atomic mass is 15.0. The lowest BCUT2D eigenvalue weighted by molar-refractivity contribution is 1.18. The fourth-order valence-corrected chi connectivity index (χ4v) is 20.7. The van der Waals surface area contributed by atoms with Gasteiger partial charge in [-0.05, 0) is 233 Å². The summed E-state index contributed by atoms with van der Waals surface area (Å²) in [5.41, 5.74) is 30.9. The van der Waals surface area contributed by atoms with Crippen molar-refractivity contribution in [3.05, 3.63) is 504 Å². The first-order valence-corrected chi connectivity index (χ1v) is 44.5. The molecule has 26 aromatic rings. The van der Waals surface area contributed by atoms with Gasteiger partial charge < -0.3 is 13.7 Å². The summed E-state index contributed by atoms with van der Waals surface area (Å²) in [6.07, 6.45) is 0. The third-order valence-electron chi connectivity index (χ3n) is 26.4. The van der Waals surface area contributed by atoms with Gasteiger partial charge in [-0.2, -0.15) is 0 Å². The van der Waals surface area contributed by atoms with Gasteiger partial charge in [0.1, 0.15) is 0 Å². The smallest absolute Gasteiger partial charge is 0.0541 e. The van der Waals surface area contributed by atoms with Crippen LogP contribution in [0.4, 0.5) is 0 Å². The SMILES string of the molecule is c1ccc(-c2c3ccccc3c(-c3ccc(-n4c5ccccc5c5ccccc54)cc3)c3ccccc23)cc1.c1ccc(-c2ccc(-c3c4ccccc4c(-c4ccc(-n5c6ccccc6c6ccccc65)cc4)c4ccccc34)cc2)cc1.c1ccc(-c2cccc(-c3c4ccccc4c(-c4ccc(-n5c6ccccc6c6ccccc65)cc4)c4ccccc34)c2)cc1. The lowest BCUT2D eigenvalue weighted by Crippen LogP contribution is -1.94. The molecular weight excluding hydrogens is 1560 g/mol. The summed E-state index contributed by atoms with van der Waals surface area (Å²) in [7, 11) is 0. The number of aromatic nitrogens is 3. The predicted octanol–water partition coefficient (Wildman–Crippen LogP) is 34.6. The van der Waals surface area contributed by atoms with Gasteiger partial charge in [0.15, 0.2) is 0 Å². The van der Waals surface area contributed by atoms with E-state index in [1.165, 1.54) is 236 Å². The first-order valence-electron chi connectivity index (χ1n) is 44.5. The van der Waals surface area contributed by atoms with Crippen molar-refractivity contribution >= 4 is 130 Å². The Kier molecular flexibility index (Phi) is 19.0. The maximum Gasteiger partial charge on any atom is 0.0541 e. The van der Waals surface area contributed by atoms with E-state index in [1.54, 1.807) is 0 Å². The van der Waals surface area contributed by atoms with Gasteiger partial charge in [-0.25, -0.2) is 0 Å². The predicted molar refractivity (Wildman–Crippen MR) is 551 cm³/mol. The van der Waals surface area contributed by atoms with E-state index < -0.39 is 0 Å². The van der Waals surface area contributed by atoms with Crippen molar-refractivity contribution in [2.75, 3.05) is 0 Å². The fourth-order valence-electron chi connectivity index (χ4n) is 20.7. The minimum atomic E-state index is 1.17. The van der Waals surface area contributed by atoms with E-state index in [9.17, 15) is 0 Å². The Hall–Kier alpha value is -17.0. The Bertz CT molecular complexity index is 8470. The molecule has 129 heavy (non-hydrogen) atoms. The number of fused-ring (bicyclic) bond motifs is 15. The van der Waals surface area contributed by atoms with Crippen molar-refractivity contribution in [2.24, 2.45) is 0 Å². The lowest BCUT2D eigenvalue weighted by atomic mass is 9.85. The zero-order chi connectivity index (χ0) is 85.2. The molecule has 602 valence electrons. The maximum atomic E-state index is 2.38. The zero-order valence-corrected chi connectivity index (χ0v) is 70.8. The highest BCUT2D eigenvalue weighted by molar-refractivity contribution is 6.25. The second-order valence-electron chi connectivity index (χ2n) is 33.5. The normalized spacial score (nSPS) is 11.6. The summed E-state index contributed by atoms with van der Waals surface area (Å²) in [4.78, 5) is 0. The van der Waals surface area contributed by atoms with Gasteiger partial charge >= 0.3 is 0 Å². The average molecular weight is 1640 g/mol. The van der Waals surface area contributed by atoms with Crippen LogP contribution in [0.1, 0.15) is 0 Å². The Morgan fingerprint density at radius 3 is 0.481 bits per heavy atom. The summed E-state index contributed by atoms with van der Waals surface area (Å²) < 4.78 is 7.14. The van der Waals surface area contributed by atoms with Crippen LogP contribution >= 0.6 is 0 Å². The average Bonchev–Trinajstić information content (AvgIpc) is 1.74. The van der Waals surface area contributed by atoms with E-state index in [0.717, 1.165) is 0 Å². The Balaban J connectivity index is 0.000000108. The van der Waals surface area contributed by atoms with Crippen molar-refractivity contribution in [3.8, 4) is 106 Å². The van der Waals surface area contributed by atoms with Gasteiger partial charge in [0.25, 0.3) is 0 Å². The molecule has 0 aliphatic carbocycles. The minimum Gasteiger partial charge on any atom is -0.309 e. The highest BCUT2D eigenvalue weighted by Crippen LogP contribution is 2.50. The molecule has 0 aliphatic heterocycles. The first-order chi connectivity index (χ1) is 64.1. The Morgan fingerprint density at radius 1 is 0.0930 bits per heavy atom.